The first-order chi connectivity index (χ1) is 8.87. The SMILES string of the molecule is Cc1n[nH]c(C)c1S(=O)(=O)N1CC(CO)OCC1C. The zero-order chi connectivity index (χ0) is 14.2. The Labute approximate surface area is 112 Å². The minimum Gasteiger partial charge on any atom is -0.394 e. The number of hydrogen-bond donors (Lipinski definition) is 2. The smallest absolute Gasteiger partial charge is 0.247 e. The van der Waals surface area contributed by atoms with Crippen LogP contribution in [0.4, 0.5) is 0 Å². The molecule has 0 aliphatic carbocycles. The highest BCUT2D eigenvalue weighted by molar-refractivity contribution is 7.89. The Balaban J connectivity index is 2.38. The molecular weight excluding hydrogens is 270 g/mol. The van der Waals surface area contributed by atoms with Gasteiger partial charge in [-0.25, -0.2) is 8.42 Å². The number of rotatable bonds is 3. The van der Waals surface area contributed by atoms with Crippen LogP contribution in [0.2, 0.25) is 0 Å². The molecule has 1 aromatic rings. The monoisotopic (exact) mass is 289 g/mol. The van der Waals surface area contributed by atoms with Gasteiger partial charge in [-0.15, -0.1) is 0 Å². The number of ether oxygens (including phenoxy) is 1. The minimum absolute atomic E-state index is 0.157. The van der Waals surface area contributed by atoms with Gasteiger partial charge in [-0.1, -0.05) is 0 Å². The summed E-state index contributed by atoms with van der Waals surface area (Å²) in [6, 6.07) is -0.263. The van der Waals surface area contributed by atoms with E-state index in [4.69, 9.17) is 9.84 Å². The van der Waals surface area contributed by atoms with E-state index in [0.717, 1.165) is 0 Å². The highest BCUT2D eigenvalue weighted by Crippen LogP contribution is 2.25. The number of nitrogens with one attached hydrogen (secondary N) is 1. The zero-order valence-corrected chi connectivity index (χ0v) is 12.1. The topological polar surface area (TPSA) is 95.5 Å². The van der Waals surface area contributed by atoms with Gasteiger partial charge in [-0.3, -0.25) is 5.10 Å². The molecule has 2 rings (SSSR count). The fourth-order valence-corrected chi connectivity index (χ4v) is 4.26. The fraction of sp³-hybridized carbons (Fsp3) is 0.727. The summed E-state index contributed by atoms with van der Waals surface area (Å²) >= 11 is 0. The van der Waals surface area contributed by atoms with Crippen LogP contribution >= 0.6 is 0 Å². The quantitative estimate of drug-likeness (QED) is 0.803. The number of nitrogens with zero attached hydrogens (tertiary/aromatic N) is 2. The predicted molar refractivity (Wildman–Crippen MR) is 68.2 cm³/mol. The first kappa shape index (κ1) is 14.4. The molecule has 1 aliphatic rings. The van der Waals surface area contributed by atoms with E-state index >= 15 is 0 Å². The molecule has 19 heavy (non-hydrogen) atoms. The predicted octanol–water partition coefficient (Wildman–Crippen LogP) is -0.203. The third-order valence-corrected chi connectivity index (χ3v) is 5.52. The number of aliphatic hydroxyl groups excluding tert-OH is 1. The molecular formula is C11H19N3O4S. The normalized spacial score (nSPS) is 25.7. The Morgan fingerprint density at radius 2 is 2.21 bits per heavy atom. The first-order valence-corrected chi connectivity index (χ1v) is 7.57. The summed E-state index contributed by atoms with van der Waals surface area (Å²) in [7, 11) is -3.62. The van der Waals surface area contributed by atoms with Crippen molar-refractivity contribution in [3.8, 4) is 0 Å². The molecule has 0 aromatic carbocycles. The maximum atomic E-state index is 12.7. The molecule has 2 unspecified atom stereocenters. The summed E-state index contributed by atoms with van der Waals surface area (Å²) in [4.78, 5) is 0.220. The van der Waals surface area contributed by atoms with Crippen LogP contribution in [0.15, 0.2) is 4.90 Å². The number of aliphatic hydroxyl groups is 1. The van der Waals surface area contributed by atoms with E-state index in [2.05, 4.69) is 10.2 Å². The molecule has 2 N–H and O–H groups in total. The summed E-state index contributed by atoms with van der Waals surface area (Å²) < 4.78 is 32.1. The molecule has 0 saturated carbocycles. The van der Waals surface area contributed by atoms with Gasteiger partial charge in [0.1, 0.15) is 4.90 Å². The molecule has 2 atom stereocenters. The van der Waals surface area contributed by atoms with E-state index in [0.29, 0.717) is 11.4 Å². The Bertz CT molecular complexity index is 535. The van der Waals surface area contributed by atoms with Crippen LogP contribution in [-0.2, 0) is 14.8 Å². The van der Waals surface area contributed by atoms with Gasteiger partial charge < -0.3 is 9.84 Å². The van der Waals surface area contributed by atoms with Crippen molar-refractivity contribution in [2.45, 2.75) is 37.8 Å². The van der Waals surface area contributed by atoms with Crippen LogP contribution in [0.3, 0.4) is 0 Å². The zero-order valence-electron chi connectivity index (χ0n) is 11.3. The van der Waals surface area contributed by atoms with Crippen LogP contribution in [0.5, 0.6) is 0 Å². The van der Waals surface area contributed by atoms with E-state index < -0.39 is 16.1 Å². The number of aryl methyl sites for hydroxylation is 2. The van der Waals surface area contributed by atoms with Crippen LogP contribution in [0.1, 0.15) is 18.3 Å². The van der Waals surface area contributed by atoms with Gasteiger partial charge in [0.05, 0.1) is 30.7 Å². The lowest BCUT2D eigenvalue weighted by atomic mass is 10.2. The number of hydrogen-bond acceptors (Lipinski definition) is 5. The van der Waals surface area contributed by atoms with Gasteiger partial charge in [0.15, 0.2) is 0 Å². The van der Waals surface area contributed by atoms with Crippen molar-refractivity contribution >= 4 is 10.0 Å². The van der Waals surface area contributed by atoms with Crippen molar-refractivity contribution < 1.29 is 18.3 Å². The number of sulfonamides is 1. The molecule has 1 aromatic heterocycles. The van der Waals surface area contributed by atoms with Gasteiger partial charge in [-0.2, -0.15) is 9.40 Å². The van der Waals surface area contributed by atoms with Crippen molar-refractivity contribution in [2.24, 2.45) is 0 Å². The molecule has 1 saturated heterocycles. The maximum absolute atomic E-state index is 12.7. The van der Waals surface area contributed by atoms with E-state index in [9.17, 15) is 8.42 Å². The van der Waals surface area contributed by atoms with E-state index in [-0.39, 0.29) is 30.7 Å². The lowest BCUT2D eigenvalue weighted by molar-refractivity contribution is -0.0516. The number of aromatic nitrogens is 2. The first-order valence-electron chi connectivity index (χ1n) is 6.13. The maximum Gasteiger partial charge on any atom is 0.247 e. The molecule has 2 heterocycles. The van der Waals surface area contributed by atoms with Crippen LogP contribution in [0, 0.1) is 13.8 Å². The van der Waals surface area contributed by atoms with E-state index in [1.807, 2.05) is 0 Å². The Kier molecular flexibility index (Phi) is 3.95. The van der Waals surface area contributed by atoms with Gasteiger partial charge in [0, 0.05) is 12.6 Å². The highest BCUT2D eigenvalue weighted by Gasteiger charge is 2.37. The van der Waals surface area contributed by atoms with Gasteiger partial charge in [0.2, 0.25) is 10.0 Å². The van der Waals surface area contributed by atoms with Crippen molar-refractivity contribution in [1.82, 2.24) is 14.5 Å². The second-order valence-electron chi connectivity index (χ2n) is 4.82. The third-order valence-electron chi connectivity index (χ3n) is 3.28. The summed E-state index contributed by atoms with van der Waals surface area (Å²) in [5.41, 5.74) is 0.980. The second-order valence-corrected chi connectivity index (χ2v) is 6.65. The molecule has 0 spiro atoms. The summed E-state index contributed by atoms with van der Waals surface area (Å²) in [5.74, 6) is 0. The molecule has 0 bridgehead atoms. The van der Waals surface area contributed by atoms with Crippen LogP contribution in [0.25, 0.3) is 0 Å². The highest BCUT2D eigenvalue weighted by atomic mass is 32.2. The fourth-order valence-electron chi connectivity index (χ4n) is 2.28. The lowest BCUT2D eigenvalue weighted by Gasteiger charge is -2.36. The lowest BCUT2D eigenvalue weighted by Crippen LogP contribution is -2.52. The van der Waals surface area contributed by atoms with Crippen molar-refractivity contribution in [1.29, 1.82) is 0 Å². The van der Waals surface area contributed by atoms with Crippen LogP contribution < -0.4 is 0 Å². The number of aromatic amines is 1. The molecule has 1 fully saturated rings. The molecule has 8 heteroatoms. The Morgan fingerprint density at radius 3 is 2.74 bits per heavy atom. The second kappa shape index (κ2) is 5.20. The average Bonchev–Trinajstić information content (AvgIpc) is 2.70. The molecule has 0 amide bonds. The average molecular weight is 289 g/mol. The minimum atomic E-state index is -3.62. The van der Waals surface area contributed by atoms with Crippen molar-refractivity contribution in [2.75, 3.05) is 19.8 Å². The van der Waals surface area contributed by atoms with Gasteiger partial charge >= 0.3 is 0 Å². The van der Waals surface area contributed by atoms with E-state index in [1.165, 1.54) is 4.31 Å². The summed E-state index contributed by atoms with van der Waals surface area (Å²) in [5, 5.41) is 15.8. The van der Waals surface area contributed by atoms with E-state index in [1.54, 1.807) is 20.8 Å². The Morgan fingerprint density at radius 1 is 1.53 bits per heavy atom. The van der Waals surface area contributed by atoms with Crippen molar-refractivity contribution in [3.63, 3.8) is 0 Å². The molecule has 108 valence electrons. The molecule has 7 nitrogen and oxygen atoms in total. The van der Waals surface area contributed by atoms with Crippen LogP contribution in [-0.4, -0.2) is 59.9 Å². The van der Waals surface area contributed by atoms with Crippen molar-refractivity contribution in [3.05, 3.63) is 11.4 Å². The van der Waals surface area contributed by atoms with Gasteiger partial charge in [-0.05, 0) is 20.8 Å². The number of H-pyrrole nitrogens is 1. The largest absolute Gasteiger partial charge is 0.394 e. The van der Waals surface area contributed by atoms with Gasteiger partial charge in [0.25, 0.3) is 0 Å². The standard InChI is InChI=1S/C11H19N3O4S/c1-7-6-18-10(5-15)4-14(7)19(16,17)11-8(2)12-13-9(11)3/h7,10,15H,4-6H2,1-3H3,(H,12,13). The number of morpholine rings is 1. The molecule has 1 aliphatic heterocycles. The summed E-state index contributed by atoms with van der Waals surface area (Å²) in [6.45, 7) is 5.37. The Hall–Kier alpha value is -0.960. The molecule has 0 radical (unpaired) electrons. The summed E-state index contributed by atoms with van der Waals surface area (Å²) in [6.07, 6.45) is -0.474. The third kappa shape index (κ3) is 2.53.